The number of aromatic amines is 1. The summed E-state index contributed by atoms with van der Waals surface area (Å²) in [6, 6.07) is 16.6. The van der Waals surface area contributed by atoms with Gasteiger partial charge in [0, 0.05) is 31.9 Å². The summed E-state index contributed by atoms with van der Waals surface area (Å²) in [5.41, 5.74) is 5.48. The van der Waals surface area contributed by atoms with Crippen LogP contribution in [0.1, 0.15) is 18.4 Å². The zero-order chi connectivity index (χ0) is 22.7. The maximum atomic E-state index is 5.57. The van der Waals surface area contributed by atoms with E-state index in [2.05, 4.69) is 55.4 Å². The summed E-state index contributed by atoms with van der Waals surface area (Å²) in [6.07, 6.45) is 7.35. The van der Waals surface area contributed by atoms with Crippen molar-refractivity contribution in [1.82, 2.24) is 30.1 Å². The molecule has 1 aliphatic heterocycles. The first kappa shape index (κ1) is 20.7. The van der Waals surface area contributed by atoms with Crippen LogP contribution in [0.4, 0.5) is 5.82 Å². The molecule has 1 saturated heterocycles. The summed E-state index contributed by atoms with van der Waals surface area (Å²) in [6.45, 7) is 3.41. The van der Waals surface area contributed by atoms with E-state index in [1.807, 2.05) is 24.4 Å². The van der Waals surface area contributed by atoms with E-state index in [1.54, 1.807) is 12.5 Å². The van der Waals surface area contributed by atoms with Crippen molar-refractivity contribution in [2.24, 2.45) is 5.92 Å². The summed E-state index contributed by atoms with van der Waals surface area (Å²) in [4.78, 5) is 20.9. The average Bonchev–Trinajstić information content (AvgIpc) is 3.38. The van der Waals surface area contributed by atoms with Gasteiger partial charge < -0.3 is 9.64 Å². The molecular weight excluding hydrogens is 426 g/mol. The van der Waals surface area contributed by atoms with Gasteiger partial charge in [-0.2, -0.15) is 5.10 Å². The van der Waals surface area contributed by atoms with Gasteiger partial charge in [0.1, 0.15) is 12.1 Å². The molecule has 4 heterocycles. The molecule has 6 rings (SSSR count). The number of benzene rings is 2. The third-order valence-electron chi connectivity index (χ3n) is 6.41. The van der Waals surface area contributed by atoms with E-state index in [9.17, 15) is 0 Å². The molecular formula is C26H25N7O. The van der Waals surface area contributed by atoms with E-state index in [0.717, 1.165) is 78.3 Å². The first-order valence-corrected chi connectivity index (χ1v) is 11.6. The van der Waals surface area contributed by atoms with Gasteiger partial charge in [-0.25, -0.2) is 15.0 Å². The number of anilines is 1. The zero-order valence-electron chi connectivity index (χ0n) is 18.8. The molecule has 5 aromatic rings. The standard InChI is InChI=1S/C26H25N7O/c1-2-4-18(5-3-1)15-33(16-19-8-10-34-11-9-19)24-14-27-23-12-20(6-7-22(23)31-24)25-21-13-30-32-26(21)29-17-28-25/h1-7,12-14,17,19H,8-11,15-16H2,(H,28,29,30,32). The van der Waals surface area contributed by atoms with Crippen LogP contribution in [0.15, 0.2) is 67.3 Å². The Hall–Kier alpha value is -3.91. The number of hydrogen-bond acceptors (Lipinski definition) is 7. The van der Waals surface area contributed by atoms with Gasteiger partial charge in [0.05, 0.1) is 34.5 Å². The molecule has 0 radical (unpaired) electrons. The molecule has 8 nitrogen and oxygen atoms in total. The van der Waals surface area contributed by atoms with Crippen molar-refractivity contribution in [2.75, 3.05) is 24.7 Å². The van der Waals surface area contributed by atoms with Crippen LogP contribution in [0.3, 0.4) is 0 Å². The number of ether oxygens (including phenoxy) is 1. The summed E-state index contributed by atoms with van der Waals surface area (Å²) in [5, 5.41) is 7.88. The van der Waals surface area contributed by atoms with Crippen LogP contribution in [0.5, 0.6) is 0 Å². The lowest BCUT2D eigenvalue weighted by Gasteiger charge is -2.30. The number of rotatable bonds is 6. The Balaban J connectivity index is 1.33. The predicted octanol–water partition coefficient (Wildman–Crippen LogP) is 4.40. The first-order valence-electron chi connectivity index (χ1n) is 11.6. The third-order valence-corrected chi connectivity index (χ3v) is 6.41. The van der Waals surface area contributed by atoms with E-state index in [1.165, 1.54) is 5.56 Å². The van der Waals surface area contributed by atoms with Gasteiger partial charge in [0.15, 0.2) is 5.65 Å². The first-order chi connectivity index (χ1) is 16.8. The highest BCUT2D eigenvalue weighted by atomic mass is 16.5. The van der Waals surface area contributed by atoms with Gasteiger partial charge in [-0.3, -0.25) is 10.1 Å². The summed E-state index contributed by atoms with van der Waals surface area (Å²) >= 11 is 0. The van der Waals surface area contributed by atoms with Gasteiger partial charge >= 0.3 is 0 Å². The van der Waals surface area contributed by atoms with Crippen molar-refractivity contribution in [3.8, 4) is 11.3 Å². The normalized spacial score (nSPS) is 14.6. The molecule has 170 valence electrons. The summed E-state index contributed by atoms with van der Waals surface area (Å²) in [7, 11) is 0. The molecule has 0 aliphatic carbocycles. The quantitative estimate of drug-likeness (QED) is 0.409. The number of hydrogen-bond donors (Lipinski definition) is 1. The number of nitrogens with one attached hydrogen (secondary N) is 1. The largest absolute Gasteiger partial charge is 0.381 e. The van der Waals surface area contributed by atoms with Gasteiger partial charge in [-0.1, -0.05) is 36.4 Å². The predicted molar refractivity (Wildman–Crippen MR) is 131 cm³/mol. The van der Waals surface area contributed by atoms with Crippen LogP contribution >= 0.6 is 0 Å². The van der Waals surface area contributed by atoms with Crippen molar-refractivity contribution < 1.29 is 4.74 Å². The lowest BCUT2D eigenvalue weighted by atomic mass is 9.99. The van der Waals surface area contributed by atoms with Crippen LogP contribution in [0, 0.1) is 5.92 Å². The molecule has 2 aromatic carbocycles. The minimum absolute atomic E-state index is 0.590. The number of H-pyrrole nitrogens is 1. The second kappa shape index (κ2) is 9.15. The lowest BCUT2D eigenvalue weighted by Crippen LogP contribution is -2.32. The molecule has 8 heteroatoms. The van der Waals surface area contributed by atoms with Crippen molar-refractivity contribution in [2.45, 2.75) is 19.4 Å². The van der Waals surface area contributed by atoms with Crippen LogP contribution in [0.2, 0.25) is 0 Å². The fourth-order valence-electron chi connectivity index (χ4n) is 4.58. The van der Waals surface area contributed by atoms with Gasteiger partial charge in [-0.05, 0) is 36.5 Å². The Kier molecular flexibility index (Phi) is 5.56. The Morgan fingerprint density at radius 3 is 2.71 bits per heavy atom. The molecule has 34 heavy (non-hydrogen) atoms. The fraction of sp³-hybridized carbons (Fsp3) is 0.269. The minimum Gasteiger partial charge on any atom is -0.381 e. The van der Waals surface area contributed by atoms with E-state index < -0.39 is 0 Å². The molecule has 0 amide bonds. The highest BCUT2D eigenvalue weighted by Gasteiger charge is 2.20. The topological polar surface area (TPSA) is 92.7 Å². The van der Waals surface area contributed by atoms with Gasteiger partial charge in [-0.15, -0.1) is 0 Å². The smallest absolute Gasteiger partial charge is 0.159 e. The maximum absolute atomic E-state index is 5.57. The van der Waals surface area contributed by atoms with Gasteiger partial charge in [0.25, 0.3) is 0 Å². The summed E-state index contributed by atoms with van der Waals surface area (Å²) < 4.78 is 5.57. The molecule has 0 bridgehead atoms. The number of nitrogens with zero attached hydrogens (tertiary/aromatic N) is 6. The highest BCUT2D eigenvalue weighted by Crippen LogP contribution is 2.28. The monoisotopic (exact) mass is 451 g/mol. The van der Waals surface area contributed by atoms with Crippen molar-refractivity contribution in [1.29, 1.82) is 0 Å². The second-order valence-corrected chi connectivity index (χ2v) is 8.71. The van der Waals surface area contributed by atoms with E-state index in [4.69, 9.17) is 14.7 Å². The van der Waals surface area contributed by atoms with Crippen molar-refractivity contribution >= 4 is 27.9 Å². The van der Waals surface area contributed by atoms with Crippen LogP contribution in [-0.2, 0) is 11.3 Å². The summed E-state index contributed by atoms with van der Waals surface area (Å²) in [5.74, 6) is 1.49. The lowest BCUT2D eigenvalue weighted by molar-refractivity contribution is 0.0681. The second-order valence-electron chi connectivity index (χ2n) is 8.71. The van der Waals surface area contributed by atoms with E-state index in [0.29, 0.717) is 5.92 Å². The third kappa shape index (κ3) is 4.20. The molecule has 3 aromatic heterocycles. The molecule has 1 N–H and O–H groups in total. The Bertz CT molecular complexity index is 1410. The Labute approximate surface area is 197 Å². The Morgan fingerprint density at radius 2 is 1.82 bits per heavy atom. The van der Waals surface area contributed by atoms with E-state index in [-0.39, 0.29) is 0 Å². The molecule has 0 spiro atoms. The molecule has 0 atom stereocenters. The molecule has 0 saturated carbocycles. The molecule has 1 aliphatic rings. The molecule has 1 fully saturated rings. The van der Waals surface area contributed by atoms with Gasteiger partial charge in [0.2, 0.25) is 0 Å². The number of aromatic nitrogens is 6. The van der Waals surface area contributed by atoms with Crippen molar-refractivity contribution in [3.05, 3.63) is 72.8 Å². The minimum atomic E-state index is 0.590. The highest BCUT2D eigenvalue weighted by molar-refractivity contribution is 5.92. The average molecular weight is 452 g/mol. The van der Waals surface area contributed by atoms with Crippen LogP contribution in [0.25, 0.3) is 33.3 Å². The zero-order valence-corrected chi connectivity index (χ0v) is 18.8. The van der Waals surface area contributed by atoms with Crippen LogP contribution in [-0.4, -0.2) is 49.9 Å². The van der Waals surface area contributed by atoms with Crippen LogP contribution < -0.4 is 4.90 Å². The Morgan fingerprint density at radius 1 is 0.941 bits per heavy atom. The number of fused-ring (bicyclic) bond motifs is 2. The fourth-order valence-corrected chi connectivity index (χ4v) is 4.58. The maximum Gasteiger partial charge on any atom is 0.159 e. The van der Waals surface area contributed by atoms with Crippen molar-refractivity contribution in [3.63, 3.8) is 0 Å². The van der Waals surface area contributed by atoms with E-state index >= 15 is 0 Å². The SMILES string of the molecule is c1ccc(CN(CC2CCOCC2)c2cnc3cc(-c4ncnc5[nH]ncc45)ccc3n2)cc1. The molecule has 0 unspecified atom stereocenters.